The summed E-state index contributed by atoms with van der Waals surface area (Å²) >= 11 is 1.27. The molecule has 2 N–H and O–H groups in total. The zero-order valence-corrected chi connectivity index (χ0v) is 16.3. The van der Waals surface area contributed by atoms with Crippen LogP contribution in [0.4, 0.5) is 5.69 Å². The fourth-order valence-corrected chi connectivity index (χ4v) is 3.79. The average Bonchev–Trinajstić information content (AvgIpc) is 3.29. The maximum absolute atomic E-state index is 12.4. The molecule has 144 valence electrons. The summed E-state index contributed by atoms with van der Waals surface area (Å²) in [5.41, 5.74) is 3.55. The van der Waals surface area contributed by atoms with E-state index in [1.54, 1.807) is 24.3 Å². The van der Waals surface area contributed by atoms with Crippen LogP contribution in [0.3, 0.4) is 0 Å². The van der Waals surface area contributed by atoms with E-state index in [1.165, 1.54) is 11.8 Å². The lowest BCUT2D eigenvalue weighted by atomic mass is 10.2. The topological polar surface area (TPSA) is 83.7 Å². The van der Waals surface area contributed by atoms with Gasteiger partial charge >= 0.3 is 5.97 Å². The van der Waals surface area contributed by atoms with Gasteiger partial charge in [-0.05, 0) is 72.8 Å². The molecule has 3 aromatic rings. The molecule has 2 aromatic carbocycles. The molecule has 1 saturated heterocycles. The predicted octanol–water partition coefficient (Wildman–Crippen LogP) is 4.38. The molecule has 4 rings (SSSR count). The Morgan fingerprint density at radius 2 is 1.97 bits per heavy atom. The molecule has 1 fully saturated rings. The minimum absolute atomic E-state index is 0.204. The van der Waals surface area contributed by atoms with Gasteiger partial charge in [0.25, 0.3) is 5.91 Å². The monoisotopic (exact) mass is 403 g/mol. The van der Waals surface area contributed by atoms with E-state index in [0.717, 1.165) is 16.9 Å². The van der Waals surface area contributed by atoms with Crippen molar-refractivity contribution in [3.05, 3.63) is 88.6 Å². The van der Waals surface area contributed by atoms with E-state index in [1.807, 2.05) is 60.2 Å². The summed E-state index contributed by atoms with van der Waals surface area (Å²) < 4.78 is 1.84. The highest BCUT2D eigenvalue weighted by Crippen LogP contribution is 2.29. The van der Waals surface area contributed by atoms with E-state index in [9.17, 15) is 14.7 Å². The quantitative estimate of drug-likeness (QED) is 0.634. The number of carbonyl (C=O) groups excluding carboxylic acids is 1. The lowest BCUT2D eigenvalue weighted by Gasteiger charge is -2.07. The van der Waals surface area contributed by atoms with Crippen molar-refractivity contribution in [2.24, 2.45) is 4.99 Å². The van der Waals surface area contributed by atoms with Crippen LogP contribution in [-0.4, -0.2) is 26.7 Å². The average molecular weight is 403 g/mol. The first-order chi connectivity index (χ1) is 14.0. The number of carboxylic acid groups (broad SMARTS) is 1. The molecular formula is C22H17N3O3S. The molecule has 7 heteroatoms. The fourth-order valence-electron chi connectivity index (χ4n) is 2.97. The maximum Gasteiger partial charge on any atom is 0.335 e. The molecule has 1 aliphatic heterocycles. The van der Waals surface area contributed by atoms with Gasteiger partial charge in [-0.2, -0.15) is 0 Å². The highest BCUT2D eigenvalue weighted by molar-refractivity contribution is 8.18. The Bertz CT molecular complexity index is 1180. The van der Waals surface area contributed by atoms with E-state index in [-0.39, 0.29) is 11.5 Å². The van der Waals surface area contributed by atoms with Crippen molar-refractivity contribution in [2.45, 2.75) is 6.92 Å². The Hall–Kier alpha value is -3.58. The van der Waals surface area contributed by atoms with Crippen LogP contribution in [0.1, 0.15) is 21.6 Å². The third-order valence-corrected chi connectivity index (χ3v) is 5.22. The van der Waals surface area contributed by atoms with Gasteiger partial charge in [0, 0.05) is 17.6 Å². The van der Waals surface area contributed by atoms with E-state index in [2.05, 4.69) is 10.3 Å². The van der Waals surface area contributed by atoms with Crippen LogP contribution in [0.5, 0.6) is 0 Å². The predicted molar refractivity (Wildman–Crippen MR) is 115 cm³/mol. The van der Waals surface area contributed by atoms with Crippen LogP contribution in [0.2, 0.25) is 0 Å². The summed E-state index contributed by atoms with van der Waals surface area (Å²) in [7, 11) is 0. The molecule has 0 unspecified atom stereocenters. The number of rotatable bonds is 4. The number of aromatic carboxylic acids is 1. The Morgan fingerprint density at radius 3 is 2.76 bits per heavy atom. The van der Waals surface area contributed by atoms with Gasteiger partial charge in [0.05, 0.1) is 16.2 Å². The van der Waals surface area contributed by atoms with Gasteiger partial charge in [-0.1, -0.05) is 18.2 Å². The minimum Gasteiger partial charge on any atom is -0.478 e. The van der Waals surface area contributed by atoms with Crippen LogP contribution in [0.25, 0.3) is 11.8 Å². The van der Waals surface area contributed by atoms with Gasteiger partial charge in [-0.25, -0.2) is 9.79 Å². The second-order valence-electron chi connectivity index (χ2n) is 6.48. The van der Waals surface area contributed by atoms with Crippen LogP contribution in [0.15, 0.2) is 76.8 Å². The van der Waals surface area contributed by atoms with Crippen LogP contribution in [0, 0.1) is 6.92 Å². The number of aromatic nitrogens is 1. The summed E-state index contributed by atoms with van der Waals surface area (Å²) in [6, 6.07) is 18.1. The standard InChI is InChI=1S/C22H17N3O3S/c1-14-5-2-7-16(11-14)23-22-24-20(26)19(29-22)13-18-9-4-10-25(18)17-8-3-6-15(12-17)21(27)28/h2-13H,1H3,(H,27,28)(H,23,24,26). The number of hydrogen-bond acceptors (Lipinski definition) is 4. The smallest absolute Gasteiger partial charge is 0.335 e. The molecular weight excluding hydrogens is 386 g/mol. The van der Waals surface area contributed by atoms with E-state index in [4.69, 9.17) is 0 Å². The van der Waals surface area contributed by atoms with Crippen molar-refractivity contribution in [3.8, 4) is 5.69 Å². The normalized spacial score (nSPS) is 16.4. The van der Waals surface area contributed by atoms with Crippen molar-refractivity contribution in [1.82, 2.24) is 9.88 Å². The van der Waals surface area contributed by atoms with Crippen LogP contribution >= 0.6 is 11.8 Å². The van der Waals surface area contributed by atoms with Gasteiger partial charge in [0.1, 0.15) is 0 Å². The number of carboxylic acids is 1. The molecule has 0 aliphatic carbocycles. The zero-order valence-electron chi connectivity index (χ0n) is 15.5. The van der Waals surface area contributed by atoms with Gasteiger partial charge < -0.3 is 15.0 Å². The summed E-state index contributed by atoms with van der Waals surface area (Å²) in [4.78, 5) is 28.7. The number of amides is 1. The van der Waals surface area contributed by atoms with Gasteiger partial charge in [-0.15, -0.1) is 0 Å². The lowest BCUT2D eigenvalue weighted by Crippen LogP contribution is -2.19. The maximum atomic E-state index is 12.4. The third-order valence-electron chi connectivity index (χ3n) is 4.31. The molecule has 29 heavy (non-hydrogen) atoms. The first kappa shape index (κ1) is 18.8. The molecule has 1 amide bonds. The van der Waals surface area contributed by atoms with E-state index in [0.29, 0.717) is 15.8 Å². The molecule has 1 aromatic heterocycles. The lowest BCUT2D eigenvalue weighted by molar-refractivity contribution is -0.115. The number of hydrogen-bond donors (Lipinski definition) is 2. The Balaban J connectivity index is 1.63. The highest BCUT2D eigenvalue weighted by atomic mass is 32.2. The SMILES string of the molecule is Cc1cccc(N=C2NC(=O)C(=Cc3cccn3-c3cccc(C(=O)O)c3)S2)c1. The van der Waals surface area contributed by atoms with Crippen LogP contribution < -0.4 is 5.32 Å². The Kier molecular flexibility index (Phi) is 5.05. The summed E-state index contributed by atoms with van der Waals surface area (Å²) in [6.45, 7) is 1.99. The largest absolute Gasteiger partial charge is 0.478 e. The van der Waals surface area contributed by atoms with Crippen molar-refractivity contribution in [2.75, 3.05) is 0 Å². The molecule has 2 heterocycles. The van der Waals surface area contributed by atoms with Crippen molar-refractivity contribution in [1.29, 1.82) is 0 Å². The fraction of sp³-hybridized carbons (Fsp3) is 0.0455. The first-order valence-electron chi connectivity index (χ1n) is 8.87. The number of nitrogens with one attached hydrogen (secondary N) is 1. The molecule has 6 nitrogen and oxygen atoms in total. The molecule has 0 atom stereocenters. The third kappa shape index (κ3) is 4.14. The van der Waals surface area contributed by atoms with Crippen molar-refractivity contribution < 1.29 is 14.7 Å². The Morgan fingerprint density at radius 1 is 1.14 bits per heavy atom. The molecule has 0 radical (unpaired) electrons. The summed E-state index contributed by atoms with van der Waals surface area (Å²) in [5.74, 6) is -1.20. The second-order valence-corrected chi connectivity index (χ2v) is 7.51. The van der Waals surface area contributed by atoms with E-state index < -0.39 is 5.97 Å². The second kappa shape index (κ2) is 7.81. The van der Waals surface area contributed by atoms with Crippen LogP contribution in [-0.2, 0) is 4.79 Å². The zero-order chi connectivity index (χ0) is 20.4. The minimum atomic E-state index is -0.985. The Labute approximate surface area is 171 Å². The van der Waals surface area contributed by atoms with Gasteiger partial charge in [0.2, 0.25) is 0 Å². The van der Waals surface area contributed by atoms with Gasteiger partial charge in [-0.3, -0.25) is 4.79 Å². The summed E-state index contributed by atoms with van der Waals surface area (Å²) in [6.07, 6.45) is 3.60. The number of aryl methyl sites for hydroxylation is 1. The number of carbonyl (C=O) groups is 2. The molecule has 0 bridgehead atoms. The number of benzene rings is 2. The van der Waals surface area contributed by atoms with Crippen molar-refractivity contribution in [3.63, 3.8) is 0 Å². The molecule has 0 saturated carbocycles. The van der Waals surface area contributed by atoms with E-state index >= 15 is 0 Å². The highest BCUT2D eigenvalue weighted by Gasteiger charge is 2.24. The van der Waals surface area contributed by atoms with Crippen molar-refractivity contribution >= 4 is 40.6 Å². The van der Waals surface area contributed by atoms with Gasteiger partial charge in [0.15, 0.2) is 5.17 Å². The molecule has 0 spiro atoms. The number of nitrogens with zero attached hydrogens (tertiary/aromatic N) is 2. The number of thioether (sulfide) groups is 1. The first-order valence-corrected chi connectivity index (χ1v) is 9.68. The number of amidine groups is 1. The molecule has 1 aliphatic rings. The summed E-state index contributed by atoms with van der Waals surface area (Å²) in [5, 5.41) is 12.5. The number of aliphatic imine (C=N–C) groups is 1.